The normalized spacial score (nSPS) is 17.2. The van der Waals surface area contributed by atoms with Gasteiger partial charge in [-0.05, 0) is 36.4 Å². The zero-order valence-electron chi connectivity index (χ0n) is 11.5. The van der Waals surface area contributed by atoms with Gasteiger partial charge in [0.2, 0.25) is 0 Å². The summed E-state index contributed by atoms with van der Waals surface area (Å²) in [7, 11) is 0. The van der Waals surface area contributed by atoms with E-state index in [4.69, 9.17) is 0 Å². The Labute approximate surface area is 127 Å². The van der Waals surface area contributed by atoms with E-state index in [1.807, 2.05) is 24.3 Å². The molecular weight excluding hydrogens is 287 g/mol. The van der Waals surface area contributed by atoms with E-state index < -0.39 is 0 Å². The second-order valence-corrected chi connectivity index (χ2v) is 6.42. The van der Waals surface area contributed by atoms with Gasteiger partial charge in [-0.1, -0.05) is 19.1 Å². The summed E-state index contributed by atoms with van der Waals surface area (Å²) in [5.41, 5.74) is 1.50. The fourth-order valence-electron chi connectivity index (χ4n) is 2.31. The molecule has 0 saturated heterocycles. The van der Waals surface area contributed by atoms with Crippen LogP contribution in [0, 0.1) is 5.82 Å². The summed E-state index contributed by atoms with van der Waals surface area (Å²) in [4.78, 5) is 15.3. The average molecular weight is 302 g/mol. The lowest BCUT2D eigenvalue weighted by atomic mass is 10.2. The number of halogens is 1. The molecule has 2 amide bonds. The number of para-hydroxylation sites is 1. The summed E-state index contributed by atoms with van der Waals surface area (Å²) in [6.45, 7) is 2.74. The third-order valence-electron chi connectivity index (χ3n) is 3.26. The minimum absolute atomic E-state index is 0.193. The topological polar surface area (TPSA) is 32.3 Å². The zero-order valence-corrected chi connectivity index (χ0v) is 12.4. The minimum atomic E-state index is -0.318. The molecule has 0 unspecified atom stereocenters. The number of thioether (sulfide) groups is 1. The quantitative estimate of drug-likeness (QED) is 0.849. The van der Waals surface area contributed by atoms with Gasteiger partial charge >= 0.3 is 6.03 Å². The van der Waals surface area contributed by atoms with Crippen LogP contribution in [0.25, 0.3) is 0 Å². The number of anilines is 2. The molecular formula is C16H15FN2OS. The van der Waals surface area contributed by atoms with Gasteiger partial charge < -0.3 is 5.32 Å². The van der Waals surface area contributed by atoms with Gasteiger partial charge in [0.25, 0.3) is 0 Å². The summed E-state index contributed by atoms with van der Waals surface area (Å²) in [5.74, 6) is -0.318. The molecule has 1 N–H and O–H groups in total. The lowest BCUT2D eigenvalue weighted by Gasteiger charge is -2.32. The second-order valence-electron chi connectivity index (χ2n) is 4.94. The smallest absolute Gasteiger partial charge is 0.308 e. The number of nitrogens with one attached hydrogen (secondary N) is 1. The third-order valence-corrected chi connectivity index (χ3v) is 4.42. The fraction of sp³-hybridized carbons (Fsp3) is 0.188. The first-order valence-corrected chi connectivity index (χ1v) is 7.61. The number of benzene rings is 2. The molecule has 0 saturated carbocycles. The lowest BCUT2D eigenvalue weighted by molar-refractivity contribution is 0.256. The summed E-state index contributed by atoms with van der Waals surface area (Å²) in [5, 5.41) is 3.14. The highest BCUT2D eigenvalue weighted by molar-refractivity contribution is 8.00. The molecule has 0 spiro atoms. The number of urea groups is 1. The van der Waals surface area contributed by atoms with Gasteiger partial charge in [-0.2, -0.15) is 0 Å². The highest BCUT2D eigenvalue weighted by atomic mass is 32.2. The van der Waals surface area contributed by atoms with Gasteiger partial charge in [0.15, 0.2) is 0 Å². The Morgan fingerprint density at radius 3 is 2.71 bits per heavy atom. The number of nitrogens with zero attached hydrogens (tertiary/aromatic N) is 1. The number of hydrogen-bond donors (Lipinski definition) is 1. The van der Waals surface area contributed by atoms with E-state index in [1.54, 1.807) is 28.8 Å². The maximum atomic E-state index is 12.9. The van der Waals surface area contributed by atoms with Crippen molar-refractivity contribution in [1.29, 1.82) is 0 Å². The van der Waals surface area contributed by atoms with Gasteiger partial charge in [0.05, 0.1) is 5.69 Å². The van der Waals surface area contributed by atoms with Crippen molar-refractivity contribution in [3.05, 3.63) is 54.3 Å². The van der Waals surface area contributed by atoms with Crippen LogP contribution in [0.1, 0.15) is 6.92 Å². The molecule has 5 heteroatoms. The predicted octanol–water partition coefficient (Wildman–Crippen LogP) is 4.36. The number of carbonyl (C=O) groups excluding carboxylic acids is 1. The van der Waals surface area contributed by atoms with E-state index >= 15 is 0 Å². The second kappa shape index (κ2) is 5.77. The summed E-state index contributed by atoms with van der Waals surface area (Å²) in [6, 6.07) is 13.4. The standard InChI is InChI=1S/C16H15FN2OS/c1-11-10-19(14-4-2-3-5-15(14)21-11)16(20)18-13-8-6-12(17)7-9-13/h2-9,11H,10H2,1H3,(H,18,20)/t11-/m0/s1. The number of fused-ring (bicyclic) bond motifs is 1. The number of amides is 2. The molecule has 108 valence electrons. The highest BCUT2D eigenvalue weighted by Gasteiger charge is 2.26. The van der Waals surface area contributed by atoms with Crippen molar-refractivity contribution in [2.45, 2.75) is 17.1 Å². The monoisotopic (exact) mass is 302 g/mol. The first-order valence-electron chi connectivity index (χ1n) is 6.73. The van der Waals surface area contributed by atoms with E-state index in [1.165, 1.54) is 12.1 Å². The molecule has 0 aliphatic carbocycles. The van der Waals surface area contributed by atoms with Crippen molar-refractivity contribution in [3.8, 4) is 0 Å². The molecule has 1 aliphatic rings. The van der Waals surface area contributed by atoms with Crippen LogP contribution >= 0.6 is 11.8 Å². The number of rotatable bonds is 1. The molecule has 1 heterocycles. The molecule has 3 rings (SSSR count). The van der Waals surface area contributed by atoms with Gasteiger partial charge in [0.1, 0.15) is 5.82 Å². The van der Waals surface area contributed by atoms with Crippen LogP contribution in [-0.4, -0.2) is 17.8 Å². The Balaban J connectivity index is 1.83. The summed E-state index contributed by atoms with van der Waals surface area (Å²) < 4.78 is 12.9. The number of hydrogen-bond acceptors (Lipinski definition) is 2. The first kappa shape index (κ1) is 13.9. The summed E-state index contributed by atoms with van der Waals surface area (Å²) >= 11 is 1.77. The molecule has 3 nitrogen and oxygen atoms in total. The molecule has 0 aromatic heterocycles. The van der Waals surface area contributed by atoms with Crippen molar-refractivity contribution >= 4 is 29.2 Å². The van der Waals surface area contributed by atoms with Gasteiger partial charge in [0, 0.05) is 22.4 Å². The average Bonchev–Trinajstić information content (AvgIpc) is 2.48. The number of carbonyl (C=O) groups is 1. The van der Waals surface area contributed by atoms with E-state index in [0.29, 0.717) is 17.5 Å². The molecule has 2 aromatic rings. The van der Waals surface area contributed by atoms with Gasteiger partial charge in [-0.15, -0.1) is 11.8 Å². The predicted molar refractivity (Wildman–Crippen MR) is 84.5 cm³/mol. The van der Waals surface area contributed by atoms with Crippen molar-refractivity contribution < 1.29 is 9.18 Å². The first-order chi connectivity index (χ1) is 10.1. The largest absolute Gasteiger partial charge is 0.326 e. The fourth-order valence-corrected chi connectivity index (χ4v) is 3.42. The molecule has 0 bridgehead atoms. The van der Waals surface area contributed by atoms with Crippen molar-refractivity contribution in [1.82, 2.24) is 0 Å². The zero-order chi connectivity index (χ0) is 14.8. The van der Waals surface area contributed by atoms with E-state index in [-0.39, 0.29) is 11.8 Å². The van der Waals surface area contributed by atoms with Crippen LogP contribution in [0.2, 0.25) is 0 Å². The minimum Gasteiger partial charge on any atom is -0.308 e. The molecule has 1 atom stereocenters. The van der Waals surface area contributed by atoms with Crippen LogP contribution in [0.3, 0.4) is 0 Å². The molecule has 21 heavy (non-hydrogen) atoms. The lowest BCUT2D eigenvalue weighted by Crippen LogP contribution is -2.41. The van der Waals surface area contributed by atoms with Crippen LogP contribution < -0.4 is 10.2 Å². The van der Waals surface area contributed by atoms with Crippen LogP contribution in [0.4, 0.5) is 20.6 Å². The van der Waals surface area contributed by atoms with Crippen molar-refractivity contribution in [2.24, 2.45) is 0 Å². The molecule has 0 fully saturated rings. The van der Waals surface area contributed by atoms with Crippen LogP contribution in [0.5, 0.6) is 0 Å². The maximum Gasteiger partial charge on any atom is 0.326 e. The van der Waals surface area contributed by atoms with Crippen LogP contribution in [0.15, 0.2) is 53.4 Å². The van der Waals surface area contributed by atoms with Gasteiger partial charge in [-0.3, -0.25) is 4.90 Å². The van der Waals surface area contributed by atoms with E-state index in [2.05, 4.69) is 12.2 Å². The van der Waals surface area contributed by atoms with Gasteiger partial charge in [-0.25, -0.2) is 9.18 Å². The Morgan fingerprint density at radius 1 is 1.24 bits per heavy atom. The van der Waals surface area contributed by atoms with E-state index in [9.17, 15) is 9.18 Å². The maximum absolute atomic E-state index is 12.9. The Morgan fingerprint density at radius 2 is 1.95 bits per heavy atom. The molecule has 0 radical (unpaired) electrons. The molecule has 1 aliphatic heterocycles. The third kappa shape index (κ3) is 3.03. The Kier molecular flexibility index (Phi) is 3.84. The van der Waals surface area contributed by atoms with Crippen LogP contribution in [-0.2, 0) is 0 Å². The Bertz CT molecular complexity index is 660. The van der Waals surface area contributed by atoms with E-state index in [0.717, 1.165) is 10.6 Å². The van der Waals surface area contributed by atoms with Crippen molar-refractivity contribution in [2.75, 3.05) is 16.8 Å². The highest BCUT2D eigenvalue weighted by Crippen LogP contribution is 2.38. The molecule has 2 aromatic carbocycles. The Hall–Kier alpha value is -2.01. The van der Waals surface area contributed by atoms with Crippen molar-refractivity contribution in [3.63, 3.8) is 0 Å². The SMILES string of the molecule is C[C@H]1CN(C(=O)Nc2ccc(F)cc2)c2ccccc2S1. The summed E-state index contributed by atoms with van der Waals surface area (Å²) in [6.07, 6.45) is 0.